The first-order valence-corrected chi connectivity index (χ1v) is 4.15. The van der Waals surface area contributed by atoms with Gasteiger partial charge in [-0.1, -0.05) is 6.58 Å². The molecular weight excluding hydrogens is 166 g/mol. The number of rotatable bonds is 2. The van der Waals surface area contributed by atoms with Crippen molar-refractivity contribution in [3.63, 3.8) is 0 Å². The Morgan fingerprint density at radius 2 is 2.15 bits per heavy atom. The SMILES string of the molecule is C=C=CCN(C)C(=O)OC(C)(C)C. The van der Waals surface area contributed by atoms with Gasteiger partial charge in [-0.25, -0.2) is 4.79 Å². The number of nitrogens with zero attached hydrogens (tertiary/aromatic N) is 1. The van der Waals surface area contributed by atoms with Crippen LogP contribution in [-0.4, -0.2) is 30.2 Å². The summed E-state index contributed by atoms with van der Waals surface area (Å²) in [5.41, 5.74) is 2.15. The van der Waals surface area contributed by atoms with Crippen LogP contribution in [0.5, 0.6) is 0 Å². The van der Waals surface area contributed by atoms with E-state index in [1.54, 1.807) is 13.1 Å². The first-order valence-electron chi connectivity index (χ1n) is 4.15. The summed E-state index contributed by atoms with van der Waals surface area (Å²) in [6, 6.07) is 0. The number of carbonyl (C=O) groups is 1. The number of hydrogen-bond donors (Lipinski definition) is 0. The van der Waals surface area contributed by atoms with E-state index in [0.29, 0.717) is 6.54 Å². The van der Waals surface area contributed by atoms with Crippen LogP contribution < -0.4 is 0 Å². The highest BCUT2D eigenvalue weighted by Crippen LogP contribution is 2.08. The normalized spacial score (nSPS) is 10.2. The van der Waals surface area contributed by atoms with Gasteiger partial charge in [0.1, 0.15) is 5.60 Å². The van der Waals surface area contributed by atoms with Gasteiger partial charge in [-0.05, 0) is 26.8 Å². The third kappa shape index (κ3) is 6.00. The number of hydrogen-bond acceptors (Lipinski definition) is 2. The van der Waals surface area contributed by atoms with Gasteiger partial charge < -0.3 is 9.64 Å². The largest absolute Gasteiger partial charge is 0.444 e. The van der Waals surface area contributed by atoms with Crippen LogP contribution in [0.1, 0.15) is 20.8 Å². The van der Waals surface area contributed by atoms with Gasteiger partial charge in [0.05, 0.1) is 0 Å². The molecule has 13 heavy (non-hydrogen) atoms. The average Bonchev–Trinajstić information content (AvgIpc) is 1.96. The molecule has 0 heterocycles. The maximum atomic E-state index is 11.3. The van der Waals surface area contributed by atoms with Crippen molar-refractivity contribution in [1.29, 1.82) is 0 Å². The predicted octanol–water partition coefficient (Wildman–Crippen LogP) is 2.19. The molecule has 0 aromatic rings. The highest BCUT2D eigenvalue weighted by Gasteiger charge is 2.18. The van der Waals surface area contributed by atoms with Crippen molar-refractivity contribution in [2.75, 3.05) is 13.6 Å². The van der Waals surface area contributed by atoms with Crippen molar-refractivity contribution in [3.05, 3.63) is 18.4 Å². The number of amides is 1. The van der Waals surface area contributed by atoms with Crippen molar-refractivity contribution in [2.24, 2.45) is 0 Å². The van der Waals surface area contributed by atoms with E-state index in [9.17, 15) is 4.79 Å². The van der Waals surface area contributed by atoms with E-state index < -0.39 is 5.60 Å². The maximum absolute atomic E-state index is 11.3. The molecule has 0 fully saturated rings. The molecule has 3 heteroatoms. The lowest BCUT2D eigenvalue weighted by Crippen LogP contribution is -2.34. The summed E-state index contributed by atoms with van der Waals surface area (Å²) in [6.45, 7) is 9.38. The van der Waals surface area contributed by atoms with E-state index >= 15 is 0 Å². The lowest BCUT2D eigenvalue weighted by Gasteiger charge is -2.23. The minimum Gasteiger partial charge on any atom is -0.444 e. The zero-order valence-electron chi connectivity index (χ0n) is 8.76. The smallest absolute Gasteiger partial charge is 0.410 e. The third-order valence-corrected chi connectivity index (χ3v) is 1.21. The van der Waals surface area contributed by atoms with Gasteiger partial charge in [-0.3, -0.25) is 0 Å². The van der Waals surface area contributed by atoms with Crippen molar-refractivity contribution in [1.82, 2.24) is 4.90 Å². The number of carbonyl (C=O) groups excluding carboxylic acids is 1. The maximum Gasteiger partial charge on any atom is 0.410 e. The fourth-order valence-corrected chi connectivity index (χ4v) is 0.616. The summed E-state index contributed by atoms with van der Waals surface area (Å²) < 4.78 is 5.12. The molecule has 0 aliphatic rings. The second-order valence-corrected chi connectivity index (χ2v) is 3.77. The molecule has 0 rings (SSSR count). The molecule has 0 aromatic carbocycles. The summed E-state index contributed by atoms with van der Waals surface area (Å²) in [5.74, 6) is 0. The highest BCUT2D eigenvalue weighted by molar-refractivity contribution is 5.67. The first-order chi connectivity index (χ1) is 5.87. The predicted molar refractivity (Wildman–Crippen MR) is 52.6 cm³/mol. The van der Waals surface area contributed by atoms with Crippen molar-refractivity contribution < 1.29 is 9.53 Å². The van der Waals surface area contributed by atoms with Crippen molar-refractivity contribution in [2.45, 2.75) is 26.4 Å². The van der Waals surface area contributed by atoms with E-state index in [-0.39, 0.29) is 6.09 Å². The summed E-state index contributed by atoms with van der Waals surface area (Å²) in [4.78, 5) is 12.8. The van der Waals surface area contributed by atoms with E-state index in [2.05, 4.69) is 12.3 Å². The molecule has 0 saturated carbocycles. The minimum atomic E-state index is -0.441. The molecule has 74 valence electrons. The third-order valence-electron chi connectivity index (χ3n) is 1.21. The van der Waals surface area contributed by atoms with E-state index in [0.717, 1.165) is 0 Å². The summed E-state index contributed by atoms with van der Waals surface area (Å²) >= 11 is 0. The molecule has 3 nitrogen and oxygen atoms in total. The van der Waals surface area contributed by atoms with Gasteiger partial charge in [0.2, 0.25) is 0 Å². The summed E-state index contributed by atoms with van der Waals surface area (Å²) in [6.07, 6.45) is 1.34. The Kier molecular flexibility index (Phi) is 4.29. The Labute approximate surface area is 79.7 Å². The molecule has 0 bridgehead atoms. The molecule has 0 aliphatic heterocycles. The Hall–Kier alpha value is -1.21. The molecule has 0 atom stereocenters. The lowest BCUT2D eigenvalue weighted by atomic mass is 10.2. The quantitative estimate of drug-likeness (QED) is 0.614. The second kappa shape index (κ2) is 4.73. The Morgan fingerprint density at radius 3 is 2.54 bits per heavy atom. The van der Waals surface area contributed by atoms with Crippen LogP contribution >= 0.6 is 0 Å². The standard InChI is InChI=1S/C10H17NO2/c1-6-7-8-11(5)9(12)13-10(2,3)4/h7H,1,8H2,2-5H3. The number of ether oxygens (including phenoxy) is 1. The molecule has 0 aliphatic carbocycles. The Bertz CT molecular complexity index is 222. The summed E-state index contributed by atoms with van der Waals surface area (Å²) in [5, 5.41) is 0. The fraction of sp³-hybridized carbons (Fsp3) is 0.600. The van der Waals surface area contributed by atoms with Crippen LogP contribution in [0.15, 0.2) is 18.4 Å². The van der Waals surface area contributed by atoms with Crippen LogP contribution in [0.3, 0.4) is 0 Å². The van der Waals surface area contributed by atoms with Crippen LogP contribution in [0.4, 0.5) is 4.79 Å². The van der Waals surface area contributed by atoms with Gasteiger partial charge >= 0.3 is 6.09 Å². The molecule has 0 radical (unpaired) electrons. The van der Waals surface area contributed by atoms with Gasteiger partial charge in [0, 0.05) is 13.6 Å². The molecule has 0 N–H and O–H groups in total. The van der Waals surface area contributed by atoms with E-state index in [4.69, 9.17) is 4.74 Å². The first kappa shape index (κ1) is 11.8. The van der Waals surface area contributed by atoms with Crippen LogP contribution in [-0.2, 0) is 4.74 Å². The zero-order chi connectivity index (χ0) is 10.5. The van der Waals surface area contributed by atoms with Crippen LogP contribution in [0, 0.1) is 0 Å². The minimum absolute atomic E-state index is 0.334. The molecule has 0 saturated heterocycles. The van der Waals surface area contributed by atoms with Crippen molar-refractivity contribution in [3.8, 4) is 0 Å². The fourth-order valence-electron chi connectivity index (χ4n) is 0.616. The van der Waals surface area contributed by atoms with E-state index in [1.807, 2.05) is 20.8 Å². The molecule has 0 unspecified atom stereocenters. The summed E-state index contributed by atoms with van der Waals surface area (Å²) in [7, 11) is 1.67. The van der Waals surface area contributed by atoms with Gasteiger partial charge in [0.15, 0.2) is 0 Å². The molecular formula is C10H17NO2. The monoisotopic (exact) mass is 183 g/mol. The zero-order valence-corrected chi connectivity index (χ0v) is 8.76. The van der Waals surface area contributed by atoms with Crippen LogP contribution in [0.25, 0.3) is 0 Å². The number of likely N-dealkylation sites (N-methyl/N-ethyl adjacent to an activating group) is 1. The van der Waals surface area contributed by atoms with E-state index in [1.165, 1.54) is 4.90 Å². The van der Waals surface area contributed by atoms with Gasteiger partial charge in [-0.15, -0.1) is 5.73 Å². The lowest BCUT2D eigenvalue weighted by molar-refractivity contribution is 0.0318. The molecule has 0 spiro atoms. The highest BCUT2D eigenvalue weighted by atomic mass is 16.6. The van der Waals surface area contributed by atoms with Crippen LogP contribution in [0.2, 0.25) is 0 Å². The van der Waals surface area contributed by atoms with Gasteiger partial charge in [-0.2, -0.15) is 0 Å². The Morgan fingerprint density at radius 1 is 1.62 bits per heavy atom. The topological polar surface area (TPSA) is 29.5 Å². The average molecular weight is 183 g/mol. The molecule has 0 aromatic heterocycles. The second-order valence-electron chi connectivity index (χ2n) is 3.77. The van der Waals surface area contributed by atoms with Crippen molar-refractivity contribution >= 4 is 6.09 Å². The van der Waals surface area contributed by atoms with Gasteiger partial charge in [0.25, 0.3) is 0 Å². The molecule has 1 amide bonds. The Balaban J connectivity index is 4.04.